The molecule has 0 unspecified atom stereocenters. The maximum absolute atomic E-state index is 11.9. The average Bonchev–Trinajstić information content (AvgIpc) is 2.47. The van der Waals surface area contributed by atoms with Gasteiger partial charge in [-0.2, -0.15) is 0 Å². The Balaban J connectivity index is 2.12. The van der Waals surface area contributed by atoms with Gasteiger partial charge in [0.25, 0.3) is 5.69 Å². The lowest BCUT2D eigenvalue weighted by molar-refractivity contribution is -0.583. The van der Waals surface area contributed by atoms with E-state index in [1.165, 1.54) is 28.8 Å². The number of pyridine rings is 1. The molecular weight excluding hydrogens is 260 g/mol. The zero-order valence-electron chi connectivity index (χ0n) is 10.1. The Kier molecular flexibility index (Phi) is 2.72. The lowest BCUT2D eigenvalue weighted by Crippen LogP contribution is -2.28. The molecule has 0 bridgehead atoms. The second kappa shape index (κ2) is 4.54. The Labute approximate surface area is 112 Å². The Morgan fingerprint density at radius 2 is 1.85 bits per heavy atom. The van der Waals surface area contributed by atoms with Crippen LogP contribution in [0.3, 0.4) is 0 Å². The van der Waals surface area contributed by atoms with E-state index in [9.17, 15) is 15.2 Å². The van der Waals surface area contributed by atoms with Crippen molar-refractivity contribution in [2.75, 3.05) is 0 Å². The molecule has 0 amide bonds. The largest absolute Gasteiger partial charge is 0.854 e. The Morgan fingerprint density at radius 3 is 2.55 bits per heavy atom. The molecule has 0 aliphatic carbocycles. The second-order valence-electron chi connectivity index (χ2n) is 4.07. The number of nitro benzene ring substituents is 1. The molecule has 2 aromatic heterocycles. The van der Waals surface area contributed by atoms with Crippen LogP contribution in [0.25, 0.3) is 16.9 Å². The molecule has 0 aliphatic rings. The van der Waals surface area contributed by atoms with E-state index < -0.39 is 10.8 Å². The summed E-state index contributed by atoms with van der Waals surface area (Å²) < 4.78 is 1.44. The van der Waals surface area contributed by atoms with E-state index in [1.807, 2.05) is 0 Å². The van der Waals surface area contributed by atoms with Crippen molar-refractivity contribution in [2.45, 2.75) is 0 Å². The van der Waals surface area contributed by atoms with Crippen LogP contribution in [0.15, 0.2) is 48.7 Å². The lowest BCUT2D eigenvalue weighted by Gasteiger charge is -2.04. The van der Waals surface area contributed by atoms with Crippen LogP contribution in [0.4, 0.5) is 5.69 Å². The third kappa shape index (κ3) is 2.01. The highest BCUT2D eigenvalue weighted by Crippen LogP contribution is 2.20. The van der Waals surface area contributed by atoms with Crippen LogP contribution in [-0.2, 0) is 0 Å². The van der Waals surface area contributed by atoms with E-state index in [0.717, 1.165) is 0 Å². The molecule has 7 nitrogen and oxygen atoms in total. The van der Waals surface area contributed by atoms with Crippen molar-refractivity contribution < 1.29 is 14.5 Å². The normalized spacial score (nSPS) is 10.6. The van der Waals surface area contributed by atoms with Gasteiger partial charge >= 0.3 is 0 Å². The number of hydrogen-bond acceptors (Lipinski definition) is 5. The van der Waals surface area contributed by atoms with Crippen molar-refractivity contribution in [3.63, 3.8) is 0 Å². The Morgan fingerprint density at radius 1 is 1.10 bits per heavy atom. The van der Waals surface area contributed by atoms with E-state index >= 15 is 0 Å². The smallest absolute Gasteiger partial charge is 0.269 e. The minimum Gasteiger partial charge on any atom is -0.854 e. The number of rotatable bonds is 2. The monoisotopic (exact) mass is 268 g/mol. The van der Waals surface area contributed by atoms with Gasteiger partial charge in [-0.15, -0.1) is 0 Å². The SMILES string of the molecule is O=[N+]([O-])c1ccc(-c2nc([O-])c3cccc[n+]3n2)cc1. The van der Waals surface area contributed by atoms with Gasteiger partial charge in [-0.25, -0.2) is 4.98 Å². The lowest BCUT2D eigenvalue weighted by atomic mass is 10.2. The maximum atomic E-state index is 11.9. The molecule has 1 aromatic carbocycles. The molecule has 0 aliphatic heterocycles. The molecule has 0 spiro atoms. The number of non-ortho nitro benzene ring substituents is 1. The summed E-state index contributed by atoms with van der Waals surface area (Å²) in [5.41, 5.74) is 0.897. The third-order valence-electron chi connectivity index (χ3n) is 2.80. The summed E-state index contributed by atoms with van der Waals surface area (Å²) in [7, 11) is 0. The van der Waals surface area contributed by atoms with E-state index in [4.69, 9.17) is 0 Å². The van der Waals surface area contributed by atoms with Crippen LogP contribution in [0.5, 0.6) is 5.88 Å². The molecule has 2 heterocycles. The Hall–Kier alpha value is -3.09. The fourth-order valence-electron chi connectivity index (χ4n) is 1.82. The highest BCUT2D eigenvalue weighted by molar-refractivity contribution is 5.59. The van der Waals surface area contributed by atoms with E-state index in [0.29, 0.717) is 11.1 Å². The van der Waals surface area contributed by atoms with Crippen molar-refractivity contribution >= 4 is 11.2 Å². The second-order valence-corrected chi connectivity index (χ2v) is 4.07. The molecule has 0 atom stereocenters. The number of fused-ring (bicyclic) bond motifs is 1. The molecule has 0 radical (unpaired) electrons. The van der Waals surface area contributed by atoms with Gasteiger partial charge < -0.3 is 5.11 Å². The fourth-order valence-corrected chi connectivity index (χ4v) is 1.82. The highest BCUT2D eigenvalue weighted by Gasteiger charge is 2.12. The first-order chi connectivity index (χ1) is 9.65. The summed E-state index contributed by atoms with van der Waals surface area (Å²) >= 11 is 0. The van der Waals surface area contributed by atoms with Gasteiger partial charge in [0.2, 0.25) is 17.5 Å². The molecule has 0 fully saturated rings. The number of nitro groups is 1. The summed E-state index contributed by atoms with van der Waals surface area (Å²) in [6.45, 7) is 0. The summed E-state index contributed by atoms with van der Waals surface area (Å²) in [6.07, 6.45) is 1.65. The number of benzene rings is 1. The van der Waals surface area contributed by atoms with Gasteiger partial charge in [0.1, 0.15) is 0 Å². The zero-order valence-corrected chi connectivity index (χ0v) is 10.1. The van der Waals surface area contributed by atoms with Crippen molar-refractivity contribution in [1.82, 2.24) is 10.1 Å². The van der Waals surface area contributed by atoms with Crippen LogP contribution in [0.2, 0.25) is 0 Å². The van der Waals surface area contributed by atoms with E-state index in [2.05, 4.69) is 10.1 Å². The van der Waals surface area contributed by atoms with Crippen LogP contribution >= 0.6 is 0 Å². The quantitative estimate of drug-likeness (QED) is 0.390. The first-order valence-electron chi connectivity index (χ1n) is 5.76. The molecule has 20 heavy (non-hydrogen) atoms. The summed E-state index contributed by atoms with van der Waals surface area (Å²) in [4.78, 5) is 14.0. The third-order valence-corrected chi connectivity index (χ3v) is 2.80. The number of aromatic nitrogens is 3. The van der Waals surface area contributed by atoms with Gasteiger partial charge in [0.15, 0.2) is 0 Å². The van der Waals surface area contributed by atoms with Crippen LogP contribution in [0, 0.1) is 10.1 Å². The molecule has 0 saturated heterocycles. The minimum absolute atomic E-state index is 0.0236. The molecular formula is C13H8N4O3. The van der Waals surface area contributed by atoms with Gasteiger partial charge in [0, 0.05) is 34.9 Å². The topological polar surface area (TPSA) is 96.1 Å². The number of nitrogens with zero attached hydrogens (tertiary/aromatic N) is 4. The van der Waals surface area contributed by atoms with Crippen molar-refractivity contribution in [3.8, 4) is 17.3 Å². The molecule has 98 valence electrons. The number of hydrogen-bond donors (Lipinski definition) is 0. The van der Waals surface area contributed by atoms with Gasteiger partial charge in [0.05, 0.1) is 10.8 Å². The molecule has 7 heteroatoms. The predicted molar refractivity (Wildman–Crippen MR) is 66.7 cm³/mol. The van der Waals surface area contributed by atoms with Gasteiger partial charge in [-0.05, 0) is 22.7 Å². The van der Waals surface area contributed by atoms with E-state index in [1.54, 1.807) is 24.4 Å². The summed E-state index contributed by atoms with van der Waals surface area (Å²) in [6, 6.07) is 10.8. The minimum atomic E-state index is -0.487. The molecule has 3 rings (SSSR count). The van der Waals surface area contributed by atoms with Crippen LogP contribution < -0.4 is 9.62 Å². The predicted octanol–water partition coefficient (Wildman–Crippen LogP) is 0.864. The molecule has 0 saturated carbocycles. The highest BCUT2D eigenvalue weighted by atomic mass is 16.6. The fraction of sp³-hybridized carbons (Fsp3) is 0. The average molecular weight is 268 g/mol. The Bertz CT molecular complexity index is 802. The molecule has 0 N–H and O–H groups in total. The molecule has 3 aromatic rings. The van der Waals surface area contributed by atoms with E-state index in [-0.39, 0.29) is 11.5 Å². The van der Waals surface area contributed by atoms with Crippen molar-refractivity contribution in [2.24, 2.45) is 0 Å². The first-order valence-corrected chi connectivity index (χ1v) is 5.76. The summed E-state index contributed by atoms with van der Waals surface area (Å²) in [5.74, 6) is -0.164. The van der Waals surface area contributed by atoms with Crippen LogP contribution in [0.1, 0.15) is 0 Å². The van der Waals surface area contributed by atoms with Gasteiger partial charge in [-0.1, -0.05) is 0 Å². The van der Waals surface area contributed by atoms with Crippen LogP contribution in [-0.4, -0.2) is 15.0 Å². The van der Waals surface area contributed by atoms with Crippen molar-refractivity contribution in [1.29, 1.82) is 0 Å². The maximum Gasteiger partial charge on any atom is 0.269 e. The zero-order chi connectivity index (χ0) is 14.1. The van der Waals surface area contributed by atoms with Gasteiger partial charge in [-0.3, -0.25) is 10.1 Å². The standard InChI is InChI=1S/C13H8N4O3/c18-13-11-3-1-2-8-16(11)15-12(14-13)9-4-6-10(7-5-9)17(19)20/h1-8H. The van der Waals surface area contributed by atoms with Crippen molar-refractivity contribution in [3.05, 3.63) is 58.8 Å². The summed E-state index contributed by atoms with van der Waals surface area (Å²) in [5, 5.41) is 26.7. The first kappa shape index (κ1) is 12.0.